The van der Waals surface area contributed by atoms with Crippen LogP contribution in [0.2, 0.25) is 0 Å². The second-order valence-corrected chi connectivity index (χ2v) is 7.26. The van der Waals surface area contributed by atoms with Crippen molar-refractivity contribution in [1.29, 1.82) is 10.5 Å². The first-order valence-corrected chi connectivity index (χ1v) is 8.04. The van der Waals surface area contributed by atoms with Crippen molar-refractivity contribution in [2.24, 2.45) is 0 Å². The van der Waals surface area contributed by atoms with Crippen LogP contribution >= 0.6 is 0 Å². The molecule has 1 aromatic rings. The van der Waals surface area contributed by atoms with E-state index in [-0.39, 0.29) is 0 Å². The summed E-state index contributed by atoms with van der Waals surface area (Å²) < 4.78 is 64.3. The molecular formula is C14H12F3N3O2S. The molecule has 1 aromatic carbocycles. The zero-order chi connectivity index (χ0) is 17.5. The van der Waals surface area contributed by atoms with Gasteiger partial charge in [-0.1, -0.05) is 0 Å². The van der Waals surface area contributed by atoms with Gasteiger partial charge in [-0.15, -0.1) is 0 Å². The van der Waals surface area contributed by atoms with E-state index in [2.05, 4.69) is 0 Å². The summed E-state index contributed by atoms with van der Waals surface area (Å²) in [5.74, 6) is 0. The molecular weight excluding hydrogens is 331 g/mol. The van der Waals surface area contributed by atoms with Crippen molar-refractivity contribution >= 4 is 10.0 Å². The van der Waals surface area contributed by atoms with Crippen molar-refractivity contribution in [1.82, 2.24) is 4.31 Å². The number of alkyl halides is 3. The molecule has 0 aromatic heterocycles. The van der Waals surface area contributed by atoms with Crippen LogP contribution in [0.15, 0.2) is 23.1 Å². The Balaban J connectivity index is 2.50. The van der Waals surface area contributed by atoms with Crippen molar-refractivity contribution in [2.45, 2.75) is 35.9 Å². The van der Waals surface area contributed by atoms with Crippen LogP contribution in [0.5, 0.6) is 0 Å². The second-order valence-electron chi connectivity index (χ2n) is 5.29. The van der Waals surface area contributed by atoms with Crippen LogP contribution in [-0.2, 0) is 16.2 Å². The van der Waals surface area contributed by atoms with Gasteiger partial charge in [-0.2, -0.15) is 28.0 Å². The van der Waals surface area contributed by atoms with Gasteiger partial charge < -0.3 is 0 Å². The normalized spacial score (nSPS) is 17.2. The number of nitriles is 2. The van der Waals surface area contributed by atoms with E-state index in [1.165, 1.54) is 13.1 Å². The van der Waals surface area contributed by atoms with Gasteiger partial charge in [-0.3, -0.25) is 0 Å². The Morgan fingerprint density at radius 2 is 1.87 bits per heavy atom. The van der Waals surface area contributed by atoms with Gasteiger partial charge in [0.15, 0.2) is 0 Å². The maximum atomic E-state index is 12.8. The Hall–Kier alpha value is -2.10. The van der Waals surface area contributed by atoms with Gasteiger partial charge >= 0.3 is 6.18 Å². The average molecular weight is 343 g/mol. The molecule has 0 radical (unpaired) electrons. The lowest BCUT2D eigenvalue weighted by Crippen LogP contribution is -2.53. The third-order valence-corrected chi connectivity index (χ3v) is 5.99. The number of halogens is 3. The first-order chi connectivity index (χ1) is 10.6. The van der Waals surface area contributed by atoms with Gasteiger partial charge in [-0.25, -0.2) is 8.42 Å². The van der Waals surface area contributed by atoms with Crippen LogP contribution in [0.25, 0.3) is 0 Å². The number of hydrogen-bond donors (Lipinski definition) is 0. The van der Waals surface area contributed by atoms with Crippen molar-refractivity contribution in [2.75, 3.05) is 7.05 Å². The lowest BCUT2D eigenvalue weighted by Gasteiger charge is -2.41. The van der Waals surface area contributed by atoms with Gasteiger partial charge in [0.1, 0.15) is 5.54 Å². The highest BCUT2D eigenvalue weighted by Crippen LogP contribution is 2.40. The summed E-state index contributed by atoms with van der Waals surface area (Å²) in [4.78, 5) is -0.439. The van der Waals surface area contributed by atoms with E-state index in [0.717, 1.165) is 10.4 Å². The third kappa shape index (κ3) is 2.78. The summed E-state index contributed by atoms with van der Waals surface area (Å²) in [6.07, 6.45) is -3.32. The van der Waals surface area contributed by atoms with Crippen LogP contribution in [0.4, 0.5) is 13.2 Å². The summed E-state index contributed by atoms with van der Waals surface area (Å²) in [6, 6.07) is 5.39. The zero-order valence-corrected chi connectivity index (χ0v) is 12.9. The predicted octanol–water partition coefficient (Wildman–Crippen LogP) is 2.64. The molecule has 0 saturated heterocycles. The van der Waals surface area contributed by atoms with Crippen LogP contribution in [0.3, 0.4) is 0 Å². The van der Waals surface area contributed by atoms with E-state index in [1.807, 2.05) is 6.07 Å². The molecule has 2 rings (SSSR count). The van der Waals surface area contributed by atoms with Gasteiger partial charge in [0, 0.05) is 7.05 Å². The molecule has 5 nitrogen and oxygen atoms in total. The number of rotatable bonds is 3. The fraction of sp³-hybridized carbons (Fsp3) is 0.429. The molecule has 1 saturated carbocycles. The minimum absolute atomic E-state index is 0.366. The topological polar surface area (TPSA) is 85.0 Å². The Kier molecular flexibility index (Phi) is 4.14. The molecule has 23 heavy (non-hydrogen) atoms. The van der Waals surface area contributed by atoms with Crippen LogP contribution in [0, 0.1) is 22.7 Å². The van der Waals surface area contributed by atoms with Crippen molar-refractivity contribution in [3.05, 3.63) is 29.3 Å². The van der Waals surface area contributed by atoms with Gasteiger partial charge in [0.2, 0.25) is 10.0 Å². The first-order valence-electron chi connectivity index (χ1n) is 6.60. The molecule has 0 bridgehead atoms. The smallest absolute Gasteiger partial charge is 0.207 e. The van der Waals surface area contributed by atoms with Crippen LogP contribution in [-0.4, -0.2) is 25.3 Å². The van der Waals surface area contributed by atoms with Crippen molar-refractivity contribution < 1.29 is 21.6 Å². The molecule has 0 spiro atoms. The minimum Gasteiger partial charge on any atom is -0.207 e. The van der Waals surface area contributed by atoms with Crippen molar-refractivity contribution in [3.63, 3.8) is 0 Å². The summed E-state index contributed by atoms with van der Waals surface area (Å²) in [5, 5.41) is 18.1. The highest BCUT2D eigenvalue weighted by atomic mass is 32.2. The van der Waals surface area contributed by atoms with Gasteiger partial charge in [-0.05, 0) is 37.5 Å². The number of benzene rings is 1. The molecule has 1 aliphatic rings. The second kappa shape index (κ2) is 5.52. The highest BCUT2D eigenvalue weighted by molar-refractivity contribution is 7.89. The number of sulfonamides is 1. The SMILES string of the molecule is CN(C1(C#N)CCC1)S(=O)(=O)c1ccc(C(F)(F)F)c(C#N)c1. The Morgan fingerprint density at radius 3 is 2.26 bits per heavy atom. The minimum atomic E-state index is -4.75. The average Bonchev–Trinajstić information content (AvgIpc) is 2.44. The summed E-state index contributed by atoms with van der Waals surface area (Å²) in [6.45, 7) is 0. The fourth-order valence-corrected chi connectivity index (χ4v) is 3.93. The van der Waals surface area contributed by atoms with E-state index in [4.69, 9.17) is 5.26 Å². The predicted molar refractivity (Wildman–Crippen MR) is 73.3 cm³/mol. The lowest BCUT2D eigenvalue weighted by atomic mass is 9.78. The highest BCUT2D eigenvalue weighted by Gasteiger charge is 2.47. The monoisotopic (exact) mass is 343 g/mol. The molecule has 0 heterocycles. The molecule has 0 atom stereocenters. The van der Waals surface area contributed by atoms with Crippen LogP contribution < -0.4 is 0 Å². The zero-order valence-electron chi connectivity index (χ0n) is 12.1. The lowest BCUT2D eigenvalue weighted by molar-refractivity contribution is -0.137. The molecule has 1 aliphatic carbocycles. The van der Waals surface area contributed by atoms with E-state index >= 15 is 0 Å². The quantitative estimate of drug-likeness (QED) is 0.844. The van der Waals surface area contributed by atoms with Crippen LogP contribution in [0.1, 0.15) is 30.4 Å². The Labute approximate surface area is 131 Å². The molecule has 0 unspecified atom stereocenters. The number of nitrogens with zero attached hydrogens (tertiary/aromatic N) is 3. The van der Waals surface area contributed by atoms with E-state index < -0.39 is 37.8 Å². The maximum absolute atomic E-state index is 12.8. The fourth-order valence-electron chi connectivity index (χ4n) is 2.42. The van der Waals surface area contributed by atoms with E-state index in [9.17, 15) is 26.9 Å². The molecule has 0 amide bonds. The van der Waals surface area contributed by atoms with Gasteiger partial charge in [0.05, 0.1) is 28.2 Å². The maximum Gasteiger partial charge on any atom is 0.417 e. The molecule has 0 N–H and O–H groups in total. The van der Waals surface area contributed by atoms with Crippen molar-refractivity contribution in [3.8, 4) is 12.1 Å². The van der Waals surface area contributed by atoms with Gasteiger partial charge in [0.25, 0.3) is 0 Å². The molecule has 122 valence electrons. The summed E-state index contributed by atoms with van der Waals surface area (Å²) in [5.41, 5.74) is -3.14. The first kappa shape index (κ1) is 17.3. The molecule has 9 heteroatoms. The Bertz CT molecular complexity index is 815. The van der Waals surface area contributed by atoms with E-state index in [1.54, 1.807) is 0 Å². The summed E-state index contributed by atoms with van der Waals surface area (Å²) >= 11 is 0. The Morgan fingerprint density at radius 1 is 1.26 bits per heavy atom. The third-order valence-electron chi connectivity index (χ3n) is 4.07. The summed E-state index contributed by atoms with van der Waals surface area (Å²) in [7, 11) is -2.95. The molecule has 0 aliphatic heterocycles. The number of hydrogen-bond acceptors (Lipinski definition) is 4. The standard InChI is InChI=1S/C14H12F3N3O2S/c1-20(13(9-19)5-2-6-13)23(21,22)11-3-4-12(14(15,16)17)10(7-11)8-18/h3-4,7H,2,5-6H2,1H3. The molecule has 1 fully saturated rings. The van der Waals surface area contributed by atoms with E-state index in [0.29, 0.717) is 31.4 Å². The largest absolute Gasteiger partial charge is 0.417 e.